The van der Waals surface area contributed by atoms with Crippen molar-refractivity contribution >= 4 is 23.4 Å². The number of nitrogens with one attached hydrogen (secondary N) is 1. The van der Waals surface area contributed by atoms with Crippen LogP contribution in [0.3, 0.4) is 0 Å². The Kier molecular flexibility index (Phi) is 4.57. The number of rotatable bonds is 5. The Bertz CT molecular complexity index is 872. The molecule has 1 unspecified atom stereocenters. The molecule has 3 aromatic heterocycles. The van der Waals surface area contributed by atoms with Crippen LogP contribution in [-0.4, -0.2) is 31.7 Å². The molecule has 0 spiro atoms. The number of nitrogens with zero attached hydrogens (tertiary/aromatic N) is 4. The van der Waals surface area contributed by atoms with Gasteiger partial charge in [0.15, 0.2) is 0 Å². The number of thioether (sulfide) groups is 1. The third-order valence-corrected chi connectivity index (χ3v) is 4.43. The van der Waals surface area contributed by atoms with Crippen molar-refractivity contribution in [2.45, 2.75) is 38.4 Å². The van der Waals surface area contributed by atoms with Gasteiger partial charge in [0.25, 0.3) is 5.78 Å². The molecule has 3 rings (SSSR count). The fraction of sp³-hybridized carbons (Fsp3) is 0.375. The Balaban J connectivity index is 1.82. The molecule has 1 N–H and O–H groups in total. The molecule has 0 fully saturated rings. The van der Waals surface area contributed by atoms with Gasteiger partial charge in [0.05, 0.1) is 18.7 Å². The van der Waals surface area contributed by atoms with Gasteiger partial charge in [0.1, 0.15) is 5.76 Å². The number of furan rings is 1. The second-order valence-corrected chi connectivity index (χ2v) is 6.33. The van der Waals surface area contributed by atoms with E-state index in [1.165, 1.54) is 11.8 Å². The van der Waals surface area contributed by atoms with E-state index in [9.17, 15) is 4.79 Å². The maximum absolute atomic E-state index is 12.4. The molecule has 0 radical (unpaired) electrons. The molecule has 1 amide bonds. The molecule has 0 saturated heterocycles. The largest absolute Gasteiger partial charge is 0.467 e. The lowest BCUT2D eigenvalue weighted by molar-refractivity contribution is -0.121. The molecule has 0 saturated carbocycles. The van der Waals surface area contributed by atoms with E-state index in [0.717, 1.165) is 22.7 Å². The summed E-state index contributed by atoms with van der Waals surface area (Å²) in [5.41, 5.74) is 2.54. The first kappa shape index (κ1) is 16.5. The Morgan fingerprint density at radius 1 is 1.42 bits per heavy atom. The van der Waals surface area contributed by atoms with Crippen LogP contribution in [0.4, 0.5) is 0 Å². The molecular weight excluding hydrogens is 326 g/mol. The van der Waals surface area contributed by atoms with Gasteiger partial charge in [-0.3, -0.25) is 4.79 Å². The van der Waals surface area contributed by atoms with Gasteiger partial charge in [-0.1, -0.05) is 11.8 Å². The highest BCUT2D eigenvalue weighted by Crippen LogP contribution is 2.18. The quantitative estimate of drug-likeness (QED) is 0.715. The predicted octanol–water partition coefficient (Wildman–Crippen LogP) is 2.48. The molecular formula is C16H19N5O2S. The summed E-state index contributed by atoms with van der Waals surface area (Å²) in [6, 6.07) is 3.46. The van der Waals surface area contributed by atoms with Gasteiger partial charge in [-0.2, -0.15) is 4.98 Å². The highest BCUT2D eigenvalue weighted by atomic mass is 32.2. The topological polar surface area (TPSA) is 85.3 Å². The van der Waals surface area contributed by atoms with Crippen molar-refractivity contribution in [2.75, 3.05) is 6.26 Å². The van der Waals surface area contributed by atoms with Crippen LogP contribution in [0.5, 0.6) is 0 Å². The third-order valence-electron chi connectivity index (χ3n) is 3.90. The number of fused-ring (bicyclic) bond motifs is 1. The van der Waals surface area contributed by atoms with Gasteiger partial charge in [0, 0.05) is 17.0 Å². The Hall–Kier alpha value is -2.35. The summed E-state index contributed by atoms with van der Waals surface area (Å²) in [7, 11) is 0. The molecule has 0 aliphatic heterocycles. The zero-order valence-electron chi connectivity index (χ0n) is 14.0. The maximum Gasteiger partial charge on any atom is 0.253 e. The SMILES string of the molecule is CSc1nc2nc(C)c(CC(=O)NC(C)c3ccco3)c(C)n2n1. The summed E-state index contributed by atoms with van der Waals surface area (Å²) in [5, 5.41) is 8.01. The van der Waals surface area contributed by atoms with Crippen molar-refractivity contribution in [1.82, 2.24) is 24.9 Å². The lowest BCUT2D eigenvalue weighted by Crippen LogP contribution is -2.28. The first-order valence-corrected chi connectivity index (χ1v) is 8.81. The Morgan fingerprint density at radius 2 is 2.21 bits per heavy atom. The van der Waals surface area contributed by atoms with Crippen molar-refractivity contribution in [3.05, 3.63) is 41.1 Å². The molecule has 126 valence electrons. The summed E-state index contributed by atoms with van der Waals surface area (Å²) in [6.07, 6.45) is 3.75. The molecule has 0 aliphatic rings. The minimum absolute atomic E-state index is 0.0866. The molecule has 0 bridgehead atoms. The molecule has 24 heavy (non-hydrogen) atoms. The highest BCUT2D eigenvalue weighted by Gasteiger charge is 2.18. The van der Waals surface area contributed by atoms with E-state index in [1.54, 1.807) is 16.8 Å². The molecule has 3 aromatic rings. The van der Waals surface area contributed by atoms with E-state index in [-0.39, 0.29) is 18.4 Å². The van der Waals surface area contributed by atoms with Crippen molar-refractivity contribution in [2.24, 2.45) is 0 Å². The molecule has 1 atom stereocenters. The molecule has 3 heterocycles. The van der Waals surface area contributed by atoms with Crippen LogP contribution in [0.1, 0.15) is 35.7 Å². The number of carbonyl (C=O) groups excluding carboxylic acids is 1. The third kappa shape index (κ3) is 3.14. The van der Waals surface area contributed by atoms with Crippen LogP contribution in [0.2, 0.25) is 0 Å². The standard InChI is InChI=1S/C16H19N5O2S/c1-9-12(8-14(22)17-10(2)13-6-5-7-23-13)11(3)21-15(18-9)19-16(20-21)24-4/h5-7,10H,8H2,1-4H3,(H,17,22). The minimum atomic E-state index is -0.181. The van der Waals surface area contributed by atoms with Gasteiger partial charge in [-0.05, 0) is 39.2 Å². The normalized spacial score (nSPS) is 12.5. The fourth-order valence-corrected chi connectivity index (χ4v) is 2.93. The predicted molar refractivity (Wildman–Crippen MR) is 91.0 cm³/mol. The fourth-order valence-electron chi connectivity index (χ4n) is 2.59. The van der Waals surface area contributed by atoms with Crippen molar-refractivity contribution in [1.29, 1.82) is 0 Å². The van der Waals surface area contributed by atoms with E-state index in [1.807, 2.05) is 33.1 Å². The van der Waals surface area contributed by atoms with Gasteiger partial charge in [-0.15, -0.1) is 5.10 Å². The van der Waals surface area contributed by atoms with Gasteiger partial charge in [-0.25, -0.2) is 9.50 Å². The van der Waals surface area contributed by atoms with E-state index >= 15 is 0 Å². The first-order chi connectivity index (χ1) is 11.5. The van der Waals surface area contributed by atoms with Gasteiger partial charge < -0.3 is 9.73 Å². The van der Waals surface area contributed by atoms with E-state index in [2.05, 4.69) is 20.4 Å². The average Bonchev–Trinajstić information content (AvgIpc) is 3.20. The van der Waals surface area contributed by atoms with Crippen molar-refractivity contribution in [3.63, 3.8) is 0 Å². The number of carbonyl (C=O) groups is 1. The van der Waals surface area contributed by atoms with Gasteiger partial charge >= 0.3 is 0 Å². The molecule has 0 aromatic carbocycles. The van der Waals surface area contributed by atoms with Crippen LogP contribution < -0.4 is 5.32 Å². The lowest BCUT2D eigenvalue weighted by atomic mass is 10.1. The number of aromatic nitrogens is 4. The second-order valence-electron chi connectivity index (χ2n) is 5.55. The number of aryl methyl sites for hydroxylation is 2. The van der Waals surface area contributed by atoms with Crippen LogP contribution in [0.15, 0.2) is 28.0 Å². The smallest absolute Gasteiger partial charge is 0.253 e. The molecule has 8 heteroatoms. The summed E-state index contributed by atoms with van der Waals surface area (Å²) < 4.78 is 7.01. The summed E-state index contributed by atoms with van der Waals surface area (Å²) in [5.74, 6) is 1.20. The monoisotopic (exact) mass is 345 g/mol. The number of hydrogen-bond donors (Lipinski definition) is 1. The molecule has 7 nitrogen and oxygen atoms in total. The lowest BCUT2D eigenvalue weighted by Gasteiger charge is -2.13. The maximum atomic E-state index is 12.4. The van der Waals surface area contributed by atoms with E-state index in [4.69, 9.17) is 4.42 Å². The second kappa shape index (κ2) is 6.64. The van der Waals surface area contributed by atoms with Crippen molar-refractivity contribution < 1.29 is 9.21 Å². The van der Waals surface area contributed by atoms with E-state index < -0.39 is 0 Å². The number of hydrogen-bond acceptors (Lipinski definition) is 6. The zero-order chi connectivity index (χ0) is 17.3. The van der Waals surface area contributed by atoms with Crippen LogP contribution >= 0.6 is 11.8 Å². The van der Waals surface area contributed by atoms with Crippen molar-refractivity contribution in [3.8, 4) is 0 Å². The highest BCUT2D eigenvalue weighted by molar-refractivity contribution is 7.98. The number of amides is 1. The Morgan fingerprint density at radius 3 is 2.88 bits per heavy atom. The summed E-state index contributed by atoms with van der Waals surface area (Å²) in [6.45, 7) is 5.71. The average molecular weight is 345 g/mol. The van der Waals surface area contributed by atoms with E-state index in [0.29, 0.717) is 10.9 Å². The minimum Gasteiger partial charge on any atom is -0.467 e. The summed E-state index contributed by atoms with van der Waals surface area (Å²) in [4.78, 5) is 21.2. The molecule has 0 aliphatic carbocycles. The Labute approximate surface area is 143 Å². The summed E-state index contributed by atoms with van der Waals surface area (Å²) >= 11 is 1.46. The van der Waals surface area contributed by atoms with Crippen LogP contribution in [0, 0.1) is 13.8 Å². The first-order valence-electron chi connectivity index (χ1n) is 7.59. The van der Waals surface area contributed by atoms with Gasteiger partial charge in [0.2, 0.25) is 11.1 Å². The van der Waals surface area contributed by atoms with Crippen LogP contribution in [0.25, 0.3) is 5.78 Å². The van der Waals surface area contributed by atoms with Crippen LogP contribution in [-0.2, 0) is 11.2 Å². The zero-order valence-corrected chi connectivity index (χ0v) is 14.8.